The maximum atomic E-state index is 12.1. The maximum Gasteiger partial charge on any atom is 0.306 e. The van der Waals surface area contributed by atoms with Crippen LogP contribution in [0.15, 0.2) is 72.9 Å². The second kappa shape index (κ2) is 36.8. The van der Waals surface area contributed by atoms with Gasteiger partial charge in [0.15, 0.2) is 6.10 Å². The number of allylic oxidation sites excluding steroid dienone is 12. The van der Waals surface area contributed by atoms with Crippen LogP contribution in [0.25, 0.3) is 0 Å². The van der Waals surface area contributed by atoms with E-state index in [1.165, 1.54) is 51.4 Å². The van der Waals surface area contributed by atoms with Crippen molar-refractivity contribution in [3.05, 3.63) is 72.9 Å². The molecule has 0 aromatic rings. The third-order valence-corrected chi connectivity index (χ3v) is 7.48. The molecule has 0 aliphatic rings. The van der Waals surface area contributed by atoms with Crippen LogP contribution >= 0.6 is 0 Å². The summed E-state index contributed by atoms with van der Waals surface area (Å²) in [4.78, 5) is 24.2. The lowest BCUT2D eigenvalue weighted by molar-refractivity contribution is -0.161. The standard InChI is InChI=1S/C41H68O5/c1-3-5-7-9-11-13-15-17-19-20-22-24-26-28-30-32-34-36-41(44)46-39(37-42)38-45-40(43)35-33-31-29-27-25-23-21-18-16-14-12-10-8-6-4-2/h6,8,12,14,17-19,21-22,24,28,30,39,42H,3-5,7,9-11,13,15-16,20,23,25-27,29,31-38H2,1-2H3/b8-6-,14-12-,19-17-,21-18-,24-22-,30-28-/t39-/m0/s1. The largest absolute Gasteiger partial charge is 0.462 e. The Labute approximate surface area is 283 Å². The zero-order chi connectivity index (χ0) is 33.6. The molecule has 1 N–H and O–H groups in total. The van der Waals surface area contributed by atoms with Gasteiger partial charge in [0, 0.05) is 12.8 Å². The average molecular weight is 641 g/mol. The van der Waals surface area contributed by atoms with Crippen LogP contribution in [0.3, 0.4) is 0 Å². The van der Waals surface area contributed by atoms with Crippen molar-refractivity contribution in [2.24, 2.45) is 0 Å². The van der Waals surface area contributed by atoms with E-state index in [-0.39, 0.29) is 31.6 Å². The number of ether oxygens (including phenoxy) is 2. The smallest absolute Gasteiger partial charge is 0.306 e. The van der Waals surface area contributed by atoms with Crippen LogP contribution in [0.4, 0.5) is 0 Å². The molecular formula is C41H68O5. The summed E-state index contributed by atoms with van der Waals surface area (Å²) in [5.41, 5.74) is 0. The van der Waals surface area contributed by atoms with E-state index in [4.69, 9.17) is 9.47 Å². The van der Waals surface area contributed by atoms with Gasteiger partial charge >= 0.3 is 11.9 Å². The van der Waals surface area contributed by atoms with Crippen LogP contribution in [0, 0.1) is 0 Å². The third kappa shape index (κ3) is 34.2. The lowest BCUT2D eigenvalue weighted by Crippen LogP contribution is -2.28. The molecule has 0 heterocycles. The molecule has 5 nitrogen and oxygen atoms in total. The maximum absolute atomic E-state index is 12.1. The molecule has 1 atom stereocenters. The normalized spacial score (nSPS) is 13.0. The van der Waals surface area contributed by atoms with E-state index in [0.717, 1.165) is 70.6 Å². The van der Waals surface area contributed by atoms with Crippen molar-refractivity contribution in [2.75, 3.05) is 13.2 Å². The second-order valence-corrected chi connectivity index (χ2v) is 11.9. The van der Waals surface area contributed by atoms with E-state index in [9.17, 15) is 14.7 Å². The van der Waals surface area contributed by atoms with Gasteiger partial charge in [-0.05, 0) is 77.0 Å². The molecule has 0 saturated heterocycles. The second-order valence-electron chi connectivity index (χ2n) is 11.9. The Kier molecular flexibility index (Phi) is 34.7. The molecule has 0 fully saturated rings. The molecule has 0 unspecified atom stereocenters. The summed E-state index contributed by atoms with van der Waals surface area (Å²) in [5.74, 6) is -0.679. The molecule has 0 spiro atoms. The predicted octanol–water partition coefficient (Wildman–Crippen LogP) is 11.4. The van der Waals surface area contributed by atoms with E-state index in [1.54, 1.807) is 0 Å². The Bertz CT molecular complexity index is 864. The number of aliphatic hydroxyl groups is 1. The first-order valence-corrected chi connectivity index (χ1v) is 18.5. The minimum Gasteiger partial charge on any atom is -0.462 e. The summed E-state index contributed by atoms with van der Waals surface area (Å²) in [6, 6.07) is 0. The molecule has 0 bridgehead atoms. The average Bonchev–Trinajstić information content (AvgIpc) is 3.06. The van der Waals surface area contributed by atoms with Crippen LogP contribution < -0.4 is 0 Å². The number of rotatable bonds is 32. The molecule has 0 amide bonds. The highest BCUT2D eigenvalue weighted by molar-refractivity contribution is 5.70. The van der Waals surface area contributed by atoms with Gasteiger partial charge in [-0.3, -0.25) is 9.59 Å². The first-order chi connectivity index (χ1) is 22.6. The molecule has 0 rings (SSSR count). The summed E-state index contributed by atoms with van der Waals surface area (Å²) < 4.78 is 10.5. The molecule has 0 radical (unpaired) electrons. The van der Waals surface area contributed by atoms with Crippen molar-refractivity contribution < 1.29 is 24.2 Å². The topological polar surface area (TPSA) is 72.8 Å². The fourth-order valence-corrected chi connectivity index (χ4v) is 4.70. The Hall–Kier alpha value is -2.66. The van der Waals surface area contributed by atoms with Crippen LogP contribution in [0.1, 0.15) is 155 Å². The van der Waals surface area contributed by atoms with Gasteiger partial charge < -0.3 is 14.6 Å². The lowest BCUT2D eigenvalue weighted by Gasteiger charge is -2.15. The fraction of sp³-hybridized carbons (Fsp3) is 0.659. The number of esters is 2. The first kappa shape index (κ1) is 43.3. The van der Waals surface area contributed by atoms with Gasteiger partial charge in [-0.1, -0.05) is 138 Å². The monoisotopic (exact) mass is 641 g/mol. The molecule has 0 aliphatic heterocycles. The molecule has 0 aromatic carbocycles. The van der Waals surface area contributed by atoms with Crippen molar-refractivity contribution in [2.45, 2.75) is 161 Å². The van der Waals surface area contributed by atoms with E-state index in [2.05, 4.69) is 86.8 Å². The summed E-state index contributed by atoms with van der Waals surface area (Å²) in [5, 5.41) is 9.52. The number of hydrogen-bond acceptors (Lipinski definition) is 5. The summed E-state index contributed by atoms with van der Waals surface area (Å²) in [6.07, 6.45) is 48.2. The Balaban J connectivity index is 3.71. The minimum atomic E-state index is -0.807. The van der Waals surface area contributed by atoms with Crippen LogP contribution in [0.5, 0.6) is 0 Å². The third-order valence-electron chi connectivity index (χ3n) is 7.48. The number of carbonyl (C=O) groups excluding carboxylic acids is 2. The number of unbranched alkanes of at least 4 members (excludes halogenated alkanes) is 12. The zero-order valence-electron chi connectivity index (χ0n) is 29.6. The molecule has 0 aliphatic carbocycles. The highest BCUT2D eigenvalue weighted by Gasteiger charge is 2.15. The van der Waals surface area contributed by atoms with Gasteiger partial charge in [-0.25, -0.2) is 0 Å². The number of hydrogen-bond donors (Lipinski definition) is 1. The highest BCUT2D eigenvalue weighted by atomic mass is 16.6. The van der Waals surface area contributed by atoms with Crippen molar-refractivity contribution in [3.8, 4) is 0 Å². The minimum absolute atomic E-state index is 0.0987. The molecule has 5 heteroatoms. The Morgan fingerprint density at radius 3 is 1.48 bits per heavy atom. The van der Waals surface area contributed by atoms with E-state index in [0.29, 0.717) is 12.8 Å². The highest BCUT2D eigenvalue weighted by Crippen LogP contribution is 2.10. The van der Waals surface area contributed by atoms with Crippen LogP contribution in [-0.2, 0) is 19.1 Å². The lowest BCUT2D eigenvalue weighted by atomic mass is 10.1. The van der Waals surface area contributed by atoms with Crippen LogP contribution in [-0.4, -0.2) is 36.4 Å². The van der Waals surface area contributed by atoms with Crippen molar-refractivity contribution >= 4 is 11.9 Å². The molecule has 0 aromatic heterocycles. The van der Waals surface area contributed by atoms with E-state index >= 15 is 0 Å². The summed E-state index contributed by atoms with van der Waals surface area (Å²) in [7, 11) is 0. The molecule has 262 valence electrons. The predicted molar refractivity (Wildman–Crippen MR) is 196 cm³/mol. The molecular weight excluding hydrogens is 572 g/mol. The zero-order valence-corrected chi connectivity index (χ0v) is 29.6. The first-order valence-electron chi connectivity index (χ1n) is 18.5. The summed E-state index contributed by atoms with van der Waals surface area (Å²) >= 11 is 0. The van der Waals surface area contributed by atoms with Crippen LogP contribution in [0.2, 0.25) is 0 Å². The van der Waals surface area contributed by atoms with Gasteiger partial charge in [0.25, 0.3) is 0 Å². The van der Waals surface area contributed by atoms with Crippen molar-refractivity contribution in [3.63, 3.8) is 0 Å². The fourth-order valence-electron chi connectivity index (χ4n) is 4.70. The summed E-state index contributed by atoms with van der Waals surface area (Å²) in [6.45, 7) is 3.94. The SMILES string of the molecule is CC/C=C\C/C=C\C/C=C\CCCCCCCC(=O)OC[C@H](CO)OC(=O)CCC/C=C\C/C=C\C/C=C\CCCCCCCC. The van der Waals surface area contributed by atoms with Gasteiger partial charge in [0.1, 0.15) is 6.61 Å². The number of carbonyl (C=O) groups is 2. The van der Waals surface area contributed by atoms with Crippen molar-refractivity contribution in [1.29, 1.82) is 0 Å². The molecule has 0 saturated carbocycles. The van der Waals surface area contributed by atoms with E-state index < -0.39 is 6.10 Å². The Morgan fingerprint density at radius 2 is 0.957 bits per heavy atom. The van der Waals surface area contributed by atoms with E-state index in [1.807, 2.05) is 0 Å². The van der Waals surface area contributed by atoms with Gasteiger partial charge in [0.2, 0.25) is 0 Å². The van der Waals surface area contributed by atoms with Crippen molar-refractivity contribution in [1.82, 2.24) is 0 Å². The Morgan fingerprint density at radius 1 is 0.522 bits per heavy atom. The quantitative estimate of drug-likeness (QED) is 0.0450. The van der Waals surface area contributed by atoms with Gasteiger partial charge in [0.05, 0.1) is 6.61 Å². The van der Waals surface area contributed by atoms with Gasteiger partial charge in [-0.2, -0.15) is 0 Å². The molecule has 46 heavy (non-hydrogen) atoms. The van der Waals surface area contributed by atoms with Gasteiger partial charge in [-0.15, -0.1) is 0 Å². The number of aliphatic hydroxyl groups excluding tert-OH is 1.